The molecule has 3 aromatic rings. The maximum absolute atomic E-state index is 13.5. The molecule has 0 unspecified atom stereocenters. The van der Waals surface area contributed by atoms with Crippen LogP contribution in [-0.4, -0.2) is 10.5 Å². The molecule has 0 aliphatic rings. The number of benzene rings is 2. The van der Waals surface area contributed by atoms with Gasteiger partial charge in [0, 0.05) is 36.3 Å². The summed E-state index contributed by atoms with van der Waals surface area (Å²) in [6, 6.07) is 10.3. The number of aryl methyl sites for hydroxylation is 1. The summed E-state index contributed by atoms with van der Waals surface area (Å²) < 4.78 is 41.3. The van der Waals surface area contributed by atoms with Gasteiger partial charge in [0.15, 0.2) is 11.6 Å². The lowest BCUT2D eigenvalue weighted by molar-refractivity contribution is 0.102. The van der Waals surface area contributed by atoms with Crippen molar-refractivity contribution in [2.45, 2.75) is 6.67 Å². The molecule has 0 radical (unpaired) electrons. The lowest BCUT2D eigenvalue weighted by Crippen LogP contribution is -2.13. The van der Waals surface area contributed by atoms with E-state index < -0.39 is 24.2 Å². The molecule has 0 bridgehead atoms. The number of carbonyl (C=O) groups is 1. The largest absolute Gasteiger partial charge is 0.356 e. The third kappa shape index (κ3) is 3.42. The Labute approximate surface area is 142 Å². The molecule has 0 spiro atoms. The van der Waals surface area contributed by atoms with Crippen LogP contribution in [0.3, 0.4) is 0 Å². The molecule has 1 N–H and O–H groups in total. The van der Waals surface area contributed by atoms with Crippen molar-refractivity contribution in [2.75, 3.05) is 5.32 Å². The first-order valence-corrected chi connectivity index (χ1v) is 7.56. The van der Waals surface area contributed by atoms with Gasteiger partial charge in [0.05, 0.1) is 5.56 Å². The molecule has 6 heteroatoms. The van der Waals surface area contributed by atoms with Gasteiger partial charge in [-0.15, -0.1) is 0 Å². The van der Waals surface area contributed by atoms with Crippen LogP contribution >= 0.6 is 0 Å². The number of nitrogens with one attached hydrogen (secondary N) is 1. The number of alkyl halides is 1. The summed E-state index contributed by atoms with van der Waals surface area (Å²) in [5, 5.41) is 2.71. The van der Waals surface area contributed by atoms with Crippen molar-refractivity contribution < 1.29 is 18.0 Å². The summed E-state index contributed by atoms with van der Waals surface area (Å²) in [6.07, 6.45) is 3.07. The van der Waals surface area contributed by atoms with Crippen molar-refractivity contribution >= 4 is 11.6 Å². The molecular weight excluding hydrogens is 329 g/mol. The van der Waals surface area contributed by atoms with E-state index in [4.69, 9.17) is 0 Å². The summed E-state index contributed by atoms with van der Waals surface area (Å²) in [7, 11) is 1.70. The fourth-order valence-electron chi connectivity index (χ4n) is 2.65. The maximum atomic E-state index is 13.5. The van der Waals surface area contributed by atoms with Gasteiger partial charge < -0.3 is 9.88 Å². The van der Waals surface area contributed by atoms with E-state index in [-0.39, 0.29) is 11.1 Å². The zero-order valence-corrected chi connectivity index (χ0v) is 13.4. The van der Waals surface area contributed by atoms with Crippen LogP contribution in [0.15, 0.2) is 54.9 Å². The Morgan fingerprint density at radius 1 is 1.08 bits per heavy atom. The van der Waals surface area contributed by atoms with Crippen LogP contribution in [0.4, 0.5) is 18.9 Å². The van der Waals surface area contributed by atoms with Crippen molar-refractivity contribution in [3.8, 4) is 11.1 Å². The van der Waals surface area contributed by atoms with Crippen molar-refractivity contribution in [1.29, 1.82) is 0 Å². The minimum absolute atomic E-state index is 0.227. The Morgan fingerprint density at radius 3 is 2.56 bits per heavy atom. The van der Waals surface area contributed by atoms with Gasteiger partial charge in [0.25, 0.3) is 5.91 Å². The number of anilines is 1. The third-order valence-corrected chi connectivity index (χ3v) is 3.83. The summed E-state index contributed by atoms with van der Waals surface area (Å²) in [4.78, 5) is 12.5. The highest BCUT2D eigenvalue weighted by molar-refractivity contribution is 6.07. The van der Waals surface area contributed by atoms with Gasteiger partial charge in [-0.05, 0) is 23.8 Å². The number of hydrogen-bond donors (Lipinski definition) is 1. The monoisotopic (exact) mass is 344 g/mol. The number of rotatable bonds is 4. The summed E-state index contributed by atoms with van der Waals surface area (Å²) >= 11 is 0. The molecule has 3 rings (SSSR count). The maximum Gasteiger partial charge on any atom is 0.257 e. The van der Waals surface area contributed by atoms with E-state index in [2.05, 4.69) is 5.32 Å². The van der Waals surface area contributed by atoms with E-state index in [1.807, 2.05) is 0 Å². The summed E-state index contributed by atoms with van der Waals surface area (Å²) in [5.41, 5.74) is 1.89. The Morgan fingerprint density at radius 2 is 1.84 bits per heavy atom. The lowest BCUT2D eigenvalue weighted by Gasteiger charge is -2.11. The highest BCUT2D eigenvalue weighted by atomic mass is 19.2. The summed E-state index contributed by atoms with van der Waals surface area (Å²) in [6.45, 7) is -0.756. The normalized spacial score (nSPS) is 10.7. The van der Waals surface area contributed by atoms with Crippen LogP contribution < -0.4 is 5.32 Å². The second kappa shape index (κ2) is 6.84. The first-order chi connectivity index (χ1) is 12.0. The van der Waals surface area contributed by atoms with E-state index in [1.54, 1.807) is 35.9 Å². The van der Waals surface area contributed by atoms with Gasteiger partial charge >= 0.3 is 0 Å². The van der Waals surface area contributed by atoms with E-state index in [1.165, 1.54) is 18.5 Å². The van der Waals surface area contributed by atoms with Crippen LogP contribution in [0, 0.1) is 11.6 Å². The zero-order valence-electron chi connectivity index (χ0n) is 13.4. The SMILES string of the molecule is Cn1cc(CF)c(C(=O)Nc2ccccc2-c2ccc(F)c(F)c2)c1. The average molecular weight is 344 g/mol. The highest BCUT2D eigenvalue weighted by Gasteiger charge is 2.16. The Kier molecular flexibility index (Phi) is 4.61. The third-order valence-electron chi connectivity index (χ3n) is 3.83. The van der Waals surface area contributed by atoms with Crippen molar-refractivity contribution in [3.05, 3.63) is 77.6 Å². The molecule has 25 heavy (non-hydrogen) atoms. The zero-order chi connectivity index (χ0) is 18.0. The van der Waals surface area contributed by atoms with Gasteiger partial charge in [-0.1, -0.05) is 24.3 Å². The minimum Gasteiger partial charge on any atom is -0.356 e. The summed E-state index contributed by atoms with van der Waals surface area (Å²) in [5.74, 6) is -2.38. The Balaban J connectivity index is 1.96. The van der Waals surface area contributed by atoms with E-state index >= 15 is 0 Å². The van der Waals surface area contributed by atoms with Gasteiger partial charge in [-0.3, -0.25) is 4.79 Å². The molecule has 0 saturated carbocycles. The van der Waals surface area contributed by atoms with Crippen LogP contribution in [-0.2, 0) is 13.7 Å². The number of halogens is 3. The second-order valence-electron chi connectivity index (χ2n) is 5.62. The van der Waals surface area contributed by atoms with Crippen LogP contribution in [0.5, 0.6) is 0 Å². The number of para-hydroxylation sites is 1. The molecule has 0 aliphatic carbocycles. The molecule has 0 saturated heterocycles. The molecule has 3 nitrogen and oxygen atoms in total. The molecule has 0 atom stereocenters. The van der Waals surface area contributed by atoms with E-state index in [9.17, 15) is 18.0 Å². The molecule has 0 fully saturated rings. The number of carbonyl (C=O) groups excluding carboxylic acids is 1. The Bertz CT molecular complexity index is 934. The average Bonchev–Trinajstić information content (AvgIpc) is 2.99. The number of aromatic nitrogens is 1. The minimum atomic E-state index is -0.971. The van der Waals surface area contributed by atoms with Gasteiger partial charge in [0.2, 0.25) is 0 Å². The second-order valence-corrected chi connectivity index (χ2v) is 5.62. The smallest absolute Gasteiger partial charge is 0.257 e. The lowest BCUT2D eigenvalue weighted by atomic mass is 10.0. The van der Waals surface area contributed by atoms with Gasteiger partial charge in [-0.25, -0.2) is 13.2 Å². The molecule has 1 aromatic heterocycles. The molecule has 1 heterocycles. The highest BCUT2D eigenvalue weighted by Crippen LogP contribution is 2.29. The van der Waals surface area contributed by atoms with E-state index in [0.29, 0.717) is 16.8 Å². The van der Waals surface area contributed by atoms with Crippen molar-refractivity contribution in [3.63, 3.8) is 0 Å². The van der Waals surface area contributed by atoms with Gasteiger partial charge in [-0.2, -0.15) is 0 Å². The van der Waals surface area contributed by atoms with Crippen LogP contribution in [0.2, 0.25) is 0 Å². The quantitative estimate of drug-likeness (QED) is 0.732. The fraction of sp³-hybridized carbons (Fsp3) is 0.105. The molecule has 0 aliphatic heterocycles. The van der Waals surface area contributed by atoms with E-state index in [0.717, 1.165) is 12.1 Å². The fourth-order valence-corrected chi connectivity index (χ4v) is 2.65. The standard InChI is InChI=1S/C19H15F3N2O/c1-24-10-13(9-20)15(11-24)19(25)23-18-5-3-2-4-14(18)12-6-7-16(21)17(22)8-12/h2-8,10-11H,9H2,1H3,(H,23,25). The molecular formula is C19H15F3N2O. The van der Waals surface area contributed by atoms with Gasteiger partial charge in [0.1, 0.15) is 6.67 Å². The predicted octanol–water partition coefficient (Wildman–Crippen LogP) is 4.69. The van der Waals surface area contributed by atoms with Crippen molar-refractivity contribution in [2.24, 2.45) is 7.05 Å². The first-order valence-electron chi connectivity index (χ1n) is 7.56. The first kappa shape index (κ1) is 16.8. The topological polar surface area (TPSA) is 34.0 Å². The predicted molar refractivity (Wildman–Crippen MR) is 90.0 cm³/mol. The molecule has 128 valence electrons. The number of nitrogens with zero attached hydrogens (tertiary/aromatic N) is 1. The molecule has 1 amide bonds. The number of hydrogen-bond acceptors (Lipinski definition) is 1. The van der Waals surface area contributed by atoms with Crippen molar-refractivity contribution in [1.82, 2.24) is 4.57 Å². The number of amides is 1. The van der Waals surface area contributed by atoms with Crippen LogP contribution in [0.25, 0.3) is 11.1 Å². The Hall–Kier alpha value is -3.02. The molecule has 2 aromatic carbocycles. The van der Waals surface area contributed by atoms with Crippen LogP contribution in [0.1, 0.15) is 15.9 Å².